The van der Waals surface area contributed by atoms with Crippen molar-refractivity contribution in [2.24, 2.45) is 0 Å². The van der Waals surface area contributed by atoms with E-state index in [2.05, 4.69) is 55.0 Å². The molecule has 4 heteroatoms. The van der Waals surface area contributed by atoms with Crippen LogP contribution in [-0.4, -0.2) is 15.4 Å². The number of ether oxygens (including phenoxy) is 2. The lowest BCUT2D eigenvalue weighted by molar-refractivity contribution is 0.273. The zero-order chi connectivity index (χ0) is 16.9. The fraction of sp³-hybridized carbons (Fsp3) is 0.368. The van der Waals surface area contributed by atoms with Crippen LogP contribution in [0.4, 0.5) is 0 Å². The highest BCUT2D eigenvalue weighted by atomic mass is 79.9. The number of hydrogen-bond donors (Lipinski definition) is 0. The second kappa shape index (κ2) is 8.02. The minimum absolute atomic E-state index is 0.243. The van der Waals surface area contributed by atoms with Crippen molar-refractivity contribution in [1.29, 1.82) is 0 Å². The van der Waals surface area contributed by atoms with Gasteiger partial charge >= 0.3 is 0 Å². The zero-order valence-electron chi connectivity index (χ0n) is 14.2. The van der Waals surface area contributed by atoms with Gasteiger partial charge in [-0.3, -0.25) is 0 Å². The normalized spacial score (nSPS) is 11.6. The van der Waals surface area contributed by atoms with E-state index in [1.807, 2.05) is 36.4 Å². The monoisotopic (exact) mass is 391 g/mol. The topological polar surface area (TPSA) is 18.5 Å². The number of hydrogen-bond acceptors (Lipinski definition) is 2. The molecule has 0 bridgehead atoms. The third-order valence-corrected chi connectivity index (χ3v) is 7.56. The highest BCUT2D eigenvalue weighted by molar-refractivity contribution is 9.10. The molecule has 0 spiro atoms. The van der Waals surface area contributed by atoms with Crippen LogP contribution >= 0.6 is 15.9 Å². The first-order valence-corrected chi connectivity index (χ1v) is 11.1. The van der Waals surface area contributed by atoms with Gasteiger partial charge < -0.3 is 9.47 Å². The number of halogens is 1. The van der Waals surface area contributed by atoms with Crippen molar-refractivity contribution in [3.05, 3.63) is 58.6 Å². The predicted octanol–water partition coefficient (Wildman–Crippen LogP) is 5.94. The van der Waals surface area contributed by atoms with E-state index >= 15 is 0 Å². The van der Waals surface area contributed by atoms with Gasteiger partial charge in [0.2, 0.25) is 0 Å². The maximum absolute atomic E-state index is 6.00. The van der Waals surface area contributed by atoms with Crippen LogP contribution in [0.1, 0.15) is 19.4 Å². The van der Waals surface area contributed by atoms with Gasteiger partial charge in [0.25, 0.3) is 0 Å². The average Bonchev–Trinajstić information content (AvgIpc) is 2.53. The fourth-order valence-corrected chi connectivity index (χ4v) is 2.66. The zero-order valence-corrected chi connectivity index (χ0v) is 16.8. The van der Waals surface area contributed by atoms with E-state index < -0.39 is 8.80 Å². The number of benzene rings is 2. The summed E-state index contributed by atoms with van der Waals surface area (Å²) in [6, 6.07) is 16.1. The maximum Gasteiger partial charge on any atom is 0.133 e. The van der Waals surface area contributed by atoms with Crippen molar-refractivity contribution in [2.75, 3.05) is 6.61 Å². The summed E-state index contributed by atoms with van der Waals surface area (Å²) in [6.07, 6.45) is 0. The molecule has 2 aromatic rings. The van der Waals surface area contributed by atoms with Gasteiger partial charge in [-0.15, -0.1) is 0 Å². The van der Waals surface area contributed by atoms with Crippen LogP contribution in [0.25, 0.3) is 0 Å². The third-order valence-electron chi connectivity index (χ3n) is 4.09. The molecule has 0 aliphatic carbocycles. The third kappa shape index (κ3) is 5.39. The van der Waals surface area contributed by atoms with E-state index in [1.54, 1.807) is 0 Å². The van der Waals surface area contributed by atoms with Crippen LogP contribution in [0.2, 0.25) is 18.1 Å². The molecule has 2 aromatic carbocycles. The fourth-order valence-electron chi connectivity index (χ4n) is 1.83. The van der Waals surface area contributed by atoms with Gasteiger partial charge in [0, 0.05) is 0 Å². The summed E-state index contributed by atoms with van der Waals surface area (Å²) in [5.74, 6) is 1.71. The molecule has 0 saturated carbocycles. The van der Waals surface area contributed by atoms with Crippen LogP contribution in [0, 0.1) is 0 Å². The van der Waals surface area contributed by atoms with Crippen LogP contribution in [-0.2, 0) is 6.61 Å². The molecule has 2 nitrogen and oxygen atoms in total. The standard InChI is InChI=1S/C19H24BrO2Si/c1-19(2,23(3)4)14-22-18-11-10-16(12-17(18)20)21-13-15-8-6-5-7-9-15/h5-12H,13-14H2,1-4H3. The summed E-state index contributed by atoms with van der Waals surface area (Å²) in [5, 5.41) is 0.243. The van der Waals surface area contributed by atoms with E-state index in [0.717, 1.165) is 28.1 Å². The maximum atomic E-state index is 6.00. The Bertz CT molecular complexity index is 627. The van der Waals surface area contributed by atoms with Crippen LogP contribution in [0.5, 0.6) is 11.5 Å². The molecular formula is C19H24BrO2Si. The molecule has 23 heavy (non-hydrogen) atoms. The predicted molar refractivity (Wildman–Crippen MR) is 102 cm³/mol. The lowest BCUT2D eigenvalue weighted by Gasteiger charge is -2.28. The lowest BCUT2D eigenvalue weighted by atomic mass is 10.2. The second-order valence-corrected chi connectivity index (χ2v) is 10.7. The SMILES string of the molecule is C[Si](C)C(C)(C)COc1ccc(OCc2ccccc2)cc1Br. The Labute approximate surface area is 149 Å². The second-order valence-electron chi connectivity index (χ2n) is 6.54. The molecule has 0 N–H and O–H groups in total. The Hall–Kier alpha value is -1.26. The van der Waals surface area contributed by atoms with Crippen molar-refractivity contribution < 1.29 is 9.47 Å². The van der Waals surface area contributed by atoms with Crippen molar-refractivity contribution in [3.8, 4) is 11.5 Å². The Kier molecular flexibility index (Phi) is 6.30. The first-order valence-electron chi connectivity index (χ1n) is 7.78. The molecule has 1 radical (unpaired) electrons. The summed E-state index contributed by atoms with van der Waals surface area (Å²) < 4.78 is 12.8. The van der Waals surface area contributed by atoms with Gasteiger partial charge in [-0.2, -0.15) is 0 Å². The molecular weight excluding hydrogens is 368 g/mol. The van der Waals surface area contributed by atoms with Gasteiger partial charge in [0.05, 0.1) is 19.9 Å². The summed E-state index contributed by atoms with van der Waals surface area (Å²) in [6.45, 7) is 10.5. The summed E-state index contributed by atoms with van der Waals surface area (Å²) in [5.41, 5.74) is 1.16. The molecule has 0 aliphatic rings. The summed E-state index contributed by atoms with van der Waals surface area (Å²) in [4.78, 5) is 0. The van der Waals surface area contributed by atoms with Crippen LogP contribution in [0.3, 0.4) is 0 Å². The minimum Gasteiger partial charge on any atom is -0.492 e. The van der Waals surface area contributed by atoms with E-state index in [9.17, 15) is 0 Å². The lowest BCUT2D eigenvalue weighted by Crippen LogP contribution is -2.27. The molecule has 0 fully saturated rings. The summed E-state index contributed by atoms with van der Waals surface area (Å²) >= 11 is 3.58. The van der Waals surface area contributed by atoms with E-state index in [4.69, 9.17) is 9.47 Å². The number of rotatable bonds is 7. The van der Waals surface area contributed by atoms with Gasteiger partial charge in [0.15, 0.2) is 0 Å². The molecule has 123 valence electrons. The first kappa shape index (κ1) is 18.1. The van der Waals surface area contributed by atoms with Gasteiger partial charge in [-0.1, -0.05) is 57.3 Å². The molecule has 2 rings (SSSR count). The minimum atomic E-state index is -0.405. The van der Waals surface area contributed by atoms with E-state index in [1.165, 1.54) is 0 Å². The molecule has 0 unspecified atom stereocenters. The first-order chi connectivity index (χ1) is 10.9. The molecule has 0 saturated heterocycles. The Balaban J connectivity index is 1.95. The van der Waals surface area contributed by atoms with E-state index in [0.29, 0.717) is 6.61 Å². The Morgan fingerprint density at radius 2 is 1.70 bits per heavy atom. The highest BCUT2D eigenvalue weighted by Gasteiger charge is 2.24. The molecule has 0 aliphatic heterocycles. The molecule has 0 heterocycles. The van der Waals surface area contributed by atoms with Gasteiger partial charge in [0.1, 0.15) is 18.1 Å². The largest absolute Gasteiger partial charge is 0.492 e. The van der Waals surface area contributed by atoms with Gasteiger partial charge in [-0.05, 0) is 44.7 Å². The smallest absolute Gasteiger partial charge is 0.133 e. The quantitative estimate of drug-likeness (QED) is 0.543. The van der Waals surface area contributed by atoms with Crippen LogP contribution in [0.15, 0.2) is 53.0 Å². The Morgan fingerprint density at radius 3 is 2.30 bits per heavy atom. The van der Waals surface area contributed by atoms with Crippen molar-refractivity contribution in [2.45, 2.75) is 38.6 Å². The van der Waals surface area contributed by atoms with Crippen molar-refractivity contribution in [1.82, 2.24) is 0 Å². The molecule has 0 aromatic heterocycles. The van der Waals surface area contributed by atoms with Crippen molar-refractivity contribution in [3.63, 3.8) is 0 Å². The van der Waals surface area contributed by atoms with Crippen molar-refractivity contribution >= 4 is 24.7 Å². The van der Waals surface area contributed by atoms with Gasteiger partial charge in [-0.25, -0.2) is 0 Å². The molecule has 0 amide bonds. The average molecular weight is 392 g/mol. The highest BCUT2D eigenvalue weighted by Crippen LogP contribution is 2.33. The van der Waals surface area contributed by atoms with E-state index in [-0.39, 0.29) is 5.04 Å². The van der Waals surface area contributed by atoms with Crippen LogP contribution < -0.4 is 9.47 Å². The Morgan fingerprint density at radius 1 is 1.00 bits per heavy atom. The molecule has 0 atom stereocenters. The summed E-state index contributed by atoms with van der Waals surface area (Å²) in [7, 11) is -0.405.